The van der Waals surface area contributed by atoms with E-state index in [4.69, 9.17) is 16.3 Å². The average molecular weight is 481 g/mol. The summed E-state index contributed by atoms with van der Waals surface area (Å²) in [5.41, 5.74) is 1.95. The summed E-state index contributed by atoms with van der Waals surface area (Å²) in [7, 11) is 1.46. The van der Waals surface area contributed by atoms with E-state index in [0.717, 1.165) is 17.5 Å². The van der Waals surface area contributed by atoms with Gasteiger partial charge in [0.05, 0.1) is 25.1 Å². The number of pyridine rings is 2. The normalized spacial score (nSPS) is 11.6. The minimum atomic E-state index is -4.69. The molecule has 13 heteroatoms. The molecule has 0 aliphatic rings. The molecule has 164 valence electrons. The number of rotatable bonds is 4. The van der Waals surface area contributed by atoms with Crippen LogP contribution in [-0.4, -0.2) is 37.9 Å². The van der Waals surface area contributed by atoms with Crippen LogP contribution in [0.25, 0.3) is 21.5 Å². The van der Waals surface area contributed by atoms with Crippen LogP contribution in [0.5, 0.6) is 5.75 Å². The number of anilines is 1. The Morgan fingerprint density at radius 1 is 1.09 bits per heavy atom. The third-order valence-electron chi connectivity index (χ3n) is 4.25. The van der Waals surface area contributed by atoms with Crippen molar-refractivity contribution >= 4 is 44.3 Å². The van der Waals surface area contributed by atoms with Crippen molar-refractivity contribution in [2.75, 3.05) is 12.4 Å². The molecule has 4 rings (SSSR count). The van der Waals surface area contributed by atoms with E-state index >= 15 is 0 Å². The molecule has 32 heavy (non-hydrogen) atoms. The molecule has 0 bridgehead atoms. The number of hydrogen-bond acceptors (Lipinski definition) is 8. The summed E-state index contributed by atoms with van der Waals surface area (Å²) in [6, 6.07) is 3.24. The number of carbonyl (C=O) groups excluding carboxylic acids is 1. The van der Waals surface area contributed by atoms with Crippen molar-refractivity contribution in [2.45, 2.75) is 13.1 Å². The van der Waals surface area contributed by atoms with Gasteiger partial charge in [0.1, 0.15) is 21.2 Å². The second kappa shape index (κ2) is 8.28. The molecule has 1 amide bonds. The Bertz CT molecular complexity index is 1340. The molecule has 4 aromatic rings. The number of hydrogen-bond donors (Lipinski definition) is 1. The number of ether oxygens (including phenoxy) is 1. The quantitative estimate of drug-likeness (QED) is 0.419. The number of carbonyl (C=O) groups is 1. The summed E-state index contributed by atoms with van der Waals surface area (Å²) in [5.74, 6) is -1.47. The van der Waals surface area contributed by atoms with Crippen LogP contribution in [-0.2, 0) is 6.18 Å². The van der Waals surface area contributed by atoms with Gasteiger partial charge in [-0.15, -0.1) is 0 Å². The zero-order valence-electron chi connectivity index (χ0n) is 16.4. The zero-order valence-corrected chi connectivity index (χ0v) is 17.9. The standard InChI is InChI=1S/C19H12ClF3N6O2S/c1-8-3-9(10-4-14(20)25-7-13(10)31-2)11(5-24-8)15(30)28-18-27-12-6-26-17(19(21,22)23)29-16(12)32-18/h3-7H,1-2H3,(H,27,28,30). The summed E-state index contributed by atoms with van der Waals surface area (Å²) in [5, 5.41) is 2.84. The van der Waals surface area contributed by atoms with E-state index in [9.17, 15) is 18.0 Å². The first kappa shape index (κ1) is 21.8. The largest absolute Gasteiger partial charge is 0.494 e. The van der Waals surface area contributed by atoms with Gasteiger partial charge in [0.2, 0.25) is 5.82 Å². The fraction of sp³-hybridized carbons (Fsp3) is 0.158. The van der Waals surface area contributed by atoms with Gasteiger partial charge in [-0.2, -0.15) is 13.2 Å². The number of thiazole rings is 1. The second-order valence-corrected chi connectivity index (χ2v) is 7.80. The molecule has 0 aliphatic carbocycles. The first-order valence-corrected chi connectivity index (χ1v) is 10.0. The lowest BCUT2D eigenvalue weighted by molar-refractivity contribution is -0.144. The molecule has 0 fully saturated rings. The molecule has 4 aromatic heterocycles. The number of aryl methyl sites for hydroxylation is 1. The highest BCUT2D eigenvalue weighted by Crippen LogP contribution is 2.35. The van der Waals surface area contributed by atoms with E-state index in [0.29, 0.717) is 22.6 Å². The topological polar surface area (TPSA) is 103 Å². The van der Waals surface area contributed by atoms with Gasteiger partial charge in [-0.05, 0) is 19.1 Å². The maximum Gasteiger partial charge on any atom is 0.451 e. The van der Waals surface area contributed by atoms with E-state index in [1.165, 1.54) is 19.5 Å². The number of halogens is 4. The minimum Gasteiger partial charge on any atom is -0.494 e. The summed E-state index contributed by atoms with van der Waals surface area (Å²) in [4.78, 5) is 32.0. The highest BCUT2D eigenvalue weighted by molar-refractivity contribution is 7.21. The van der Waals surface area contributed by atoms with E-state index < -0.39 is 17.9 Å². The van der Waals surface area contributed by atoms with Crippen LogP contribution in [0.3, 0.4) is 0 Å². The molecule has 0 saturated carbocycles. The number of aromatic nitrogens is 5. The average Bonchev–Trinajstić information content (AvgIpc) is 3.14. The zero-order chi connectivity index (χ0) is 23.0. The lowest BCUT2D eigenvalue weighted by atomic mass is 10.0. The Balaban J connectivity index is 1.71. The van der Waals surface area contributed by atoms with Crippen LogP contribution < -0.4 is 10.1 Å². The number of nitrogens with one attached hydrogen (secondary N) is 1. The minimum absolute atomic E-state index is 0.00698. The van der Waals surface area contributed by atoms with Crippen molar-refractivity contribution in [1.29, 1.82) is 0 Å². The Morgan fingerprint density at radius 3 is 2.59 bits per heavy atom. The number of amides is 1. The van der Waals surface area contributed by atoms with Gasteiger partial charge in [-0.1, -0.05) is 22.9 Å². The molecule has 0 unspecified atom stereocenters. The fourth-order valence-electron chi connectivity index (χ4n) is 2.84. The molecule has 0 atom stereocenters. The Hall–Kier alpha value is -3.38. The summed E-state index contributed by atoms with van der Waals surface area (Å²) < 4.78 is 43.9. The van der Waals surface area contributed by atoms with Gasteiger partial charge in [0, 0.05) is 23.0 Å². The van der Waals surface area contributed by atoms with Gasteiger partial charge in [0.15, 0.2) is 5.13 Å². The van der Waals surface area contributed by atoms with Crippen molar-refractivity contribution in [1.82, 2.24) is 24.9 Å². The molecule has 8 nitrogen and oxygen atoms in total. The number of nitrogens with zero attached hydrogens (tertiary/aromatic N) is 5. The molecular formula is C19H12ClF3N6O2S. The maximum absolute atomic E-state index is 13.0. The van der Waals surface area contributed by atoms with Gasteiger partial charge in [-0.3, -0.25) is 15.1 Å². The Kier molecular flexibility index (Phi) is 5.65. The highest BCUT2D eigenvalue weighted by Gasteiger charge is 2.35. The summed E-state index contributed by atoms with van der Waals surface area (Å²) in [6.45, 7) is 1.75. The van der Waals surface area contributed by atoms with Crippen molar-refractivity contribution in [3.05, 3.63) is 53.0 Å². The number of fused-ring (bicyclic) bond motifs is 1. The molecule has 4 heterocycles. The van der Waals surface area contributed by atoms with Crippen LogP contribution in [0.2, 0.25) is 5.15 Å². The Morgan fingerprint density at radius 2 is 1.88 bits per heavy atom. The van der Waals surface area contributed by atoms with Crippen molar-refractivity contribution in [2.24, 2.45) is 0 Å². The molecular weight excluding hydrogens is 469 g/mol. The maximum atomic E-state index is 13.0. The molecule has 1 N–H and O–H groups in total. The SMILES string of the molecule is COc1cnc(Cl)cc1-c1cc(C)ncc1C(=O)Nc1nc2cnc(C(F)(F)F)nc2s1. The second-order valence-electron chi connectivity index (χ2n) is 6.43. The first-order chi connectivity index (χ1) is 15.2. The molecule has 0 saturated heterocycles. The van der Waals surface area contributed by atoms with Gasteiger partial charge in [0.25, 0.3) is 5.91 Å². The molecule has 0 aliphatic heterocycles. The summed E-state index contributed by atoms with van der Waals surface area (Å²) >= 11 is 6.83. The Labute approximate surface area is 187 Å². The predicted molar refractivity (Wildman–Crippen MR) is 112 cm³/mol. The molecule has 0 spiro atoms. The first-order valence-electron chi connectivity index (χ1n) is 8.84. The number of alkyl halides is 3. The monoisotopic (exact) mass is 480 g/mol. The lowest BCUT2D eigenvalue weighted by Gasteiger charge is -2.13. The van der Waals surface area contributed by atoms with Crippen molar-refractivity contribution in [3.8, 4) is 16.9 Å². The van der Waals surface area contributed by atoms with E-state index in [1.54, 1.807) is 19.1 Å². The van der Waals surface area contributed by atoms with Gasteiger partial charge >= 0.3 is 6.18 Å². The van der Waals surface area contributed by atoms with Crippen molar-refractivity contribution < 1.29 is 22.7 Å². The summed E-state index contributed by atoms with van der Waals surface area (Å²) in [6.07, 6.45) is -0.919. The third kappa shape index (κ3) is 4.32. The highest BCUT2D eigenvalue weighted by atomic mass is 35.5. The molecule has 0 radical (unpaired) electrons. The van der Waals surface area contributed by atoms with Crippen LogP contribution in [0.1, 0.15) is 21.9 Å². The van der Waals surface area contributed by atoms with E-state index in [2.05, 4.69) is 30.2 Å². The molecule has 0 aromatic carbocycles. The van der Waals surface area contributed by atoms with Gasteiger partial charge < -0.3 is 4.74 Å². The van der Waals surface area contributed by atoms with Gasteiger partial charge in [-0.25, -0.2) is 19.9 Å². The van der Waals surface area contributed by atoms with E-state index in [1.807, 2.05) is 0 Å². The van der Waals surface area contributed by atoms with Crippen LogP contribution in [0, 0.1) is 6.92 Å². The fourth-order valence-corrected chi connectivity index (χ4v) is 3.81. The van der Waals surface area contributed by atoms with Crippen LogP contribution in [0.15, 0.2) is 30.7 Å². The van der Waals surface area contributed by atoms with Crippen LogP contribution >= 0.6 is 22.9 Å². The predicted octanol–water partition coefficient (Wildman–Crippen LogP) is 4.78. The lowest BCUT2D eigenvalue weighted by Crippen LogP contribution is -2.14. The van der Waals surface area contributed by atoms with E-state index in [-0.39, 0.29) is 26.2 Å². The van der Waals surface area contributed by atoms with Crippen LogP contribution in [0.4, 0.5) is 18.3 Å². The third-order valence-corrected chi connectivity index (χ3v) is 5.34. The smallest absolute Gasteiger partial charge is 0.451 e. The number of methoxy groups -OCH3 is 1. The van der Waals surface area contributed by atoms with Crippen molar-refractivity contribution in [3.63, 3.8) is 0 Å².